The maximum atomic E-state index is 5.01. The van der Waals surface area contributed by atoms with E-state index in [-0.39, 0.29) is 6.04 Å². The maximum absolute atomic E-state index is 5.01. The van der Waals surface area contributed by atoms with Crippen molar-refractivity contribution in [2.75, 3.05) is 5.32 Å². The molecule has 5 heterocycles. The molecule has 4 aromatic heterocycles. The van der Waals surface area contributed by atoms with E-state index in [9.17, 15) is 0 Å². The predicted molar refractivity (Wildman–Crippen MR) is 120 cm³/mol. The van der Waals surface area contributed by atoms with Crippen LogP contribution in [0.4, 0.5) is 5.82 Å². The first-order valence-electron chi connectivity index (χ1n) is 11.6. The molecule has 6 rings (SSSR count). The minimum atomic E-state index is 0.258. The van der Waals surface area contributed by atoms with E-state index in [4.69, 9.17) is 4.98 Å². The van der Waals surface area contributed by atoms with Gasteiger partial charge in [-0.15, -0.1) is 10.2 Å². The van der Waals surface area contributed by atoms with Gasteiger partial charge >= 0.3 is 0 Å². The Labute approximate surface area is 186 Å². The molecule has 1 aliphatic carbocycles. The van der Waals surface area contributed by atoms with Crippen molar-refractivity contribution >= 4 is 17.0 Å². The molecule has 32 heavy (non-hydrogen) atoms. The van der Waals surface area contributed by atoms with Gasteiger partial charge < -0.3 is 14.5 Å². The van der Waals surface area contributed by atoms with Crippen LogP contribution in [-0.4, -0.2) is 50.1 Å². The van der Waals surface area contributed by atoms with Crippen LogP contribution in [-0.2, 0) is 26.1 Å². The number of fused-ring (bicyclic) bond motifs is 2. The molecule has 0 saturated heterocycles. The third-order valence-electron chi connectivity index (χ3n) is 6.75. The molecular weight excluding hydrogens is 404 g/mol. The third-order valence-corrected chi connectivity index (χ3v) is 6.75. The number of nitrogens with one attached hydrogen (secondary N) is 1. The smallest absolute Gasteiger partial charge is 0.165 e. The van der Waals surface area contributed by atoms with Crippen molar-refractivity contribution in [1.29, 1.82) is 0 Å². The molecule has 0 bridgehead atoms. The highest BCUT2D eigenvalue weighted by molar-refractivity contribution is 5.86. The Morgan fingerprint density at radius 2 is 1.97 bits per heavy atom. The molecule has 0 radical (unpaired) electrons. The lowest BCUT2D eigenvalue weighted by Gasteiger charge is -2.25. The van der Waals surface area contributed by atoms with Gasteiger partial charge in [0.15, 0.2) is 17.0 Å². The Morgan fingerprint density at radius 3 is 2.72 bits per heavy atom. The average Bonchev–Trinajstić information content (AvgIpc) is 3.29. The van der Waals surface area contributed by atoms with Gasteiger partial charge in [-0.1, -0.05) is 0 Å². The standard InChI is InChI=1S/C22H28N10/c1-4-30-21(16-10-25-32(5-2)13(16)3)27-18-19(23-12-24-22(18)30)26-15-8-9-17-28-29-20(14-6-7-14)31(17)11-15/h10,12,14-15H,4-9,11H2,1-3H3,(H,23,24,26)/t15-/m1/s1. The molecule has 0 amide bonds. The van der Waals surface area contributed by atoms with E-state index in [1.54, 1.807) is 6.33 Å². The number of hydrogen-bond donors (Lipinski definition) is 1. The SMILES string of the molecule is CCn1ncc(-c2nc3c(N[C@@H]4CCc5nnc(C6CC6)n5C4)ncnc3n2CC)c1C. The van der Waals surface area contributed by atoms with Crippen molar-refractivity contribution in [3.8, 4) is 11.4 Å². The molecule has 1 N–H and O–H groups in total. The van der Waals surface area contributed by atoms with Crippen LogP contribution in [0, 0.1) is 6.92 Å². The number of hydrogen-bond acceptors (Lipinski definition) is 7. The average molecular weight is 433 g/mol. The van der Waals surface area contributed by atoms with Crippen molar-refractivity contribution in [3.05, 3.63) is 29.9 Å². The lowest BCUT2D eigenvalue weighted by atomic mass is 10.1. The minimum absolute atomic E-state index is 0.258. The number of nitrogens with zero attached hydrogens (tertiary/aromatic N) is 9. The highest BCUT2D eigenvalue weighted by atomic mass is 15.3. The van der Waals surface area contributed by atoms with Crippen LogP contribution in [0.25, 0.3) is 22.6 Å². The van der Waals surface area contributed by atoms with Crippen molar-refractivity contribution in [1.82, 2.24) is 44.1 Å². The van der Waals surface area contributed by atoms with Gasteiger partial charge in [0.25, 0.3) is 0 Å². The first-order chi connectivity index (χ1) is 15.7. The lowest BCUT2D eigenvalue weighted by Crippen LogP contribution is -2.32. The van der Waals surface area contributed by atoms with Gasteiger partial charge in [0.05, 0.1) is 11.8 Å². The van der Waals surface area contributed by atoms with Gasteiger partial charge in [0.1, 0.15) is 23.8 Å². The fourth-order valence-corrected chi connectivity index (χ4v) is 4.83. The second-order valence-electron chi connectivity index (χ2n) is 8.77. The van der Waals surface area contributed by atoms with E-state index in [0.29, 0.717) is 5.92 Å². The zero-order valence-electron chi connectivity index (χ0n) is 18.8. The predicted octanol–water partition coefficient (Wildman–Crippen LogP) is 2.93. The summed E-state index contributed by atoms with van der Waals surface area (Å²) in [6, 6.07) is 0.258. The molecule has 0 spiro atoms. The van der Waals surface area contributed by atoms with Crippen LogP contribution < -0.4 is 5.32 Å². The first kappa shape index (κ1) is 19.4. The van der Waals surface area contributed by atoms with E-state index in [2.05, 4.69) is 60.5 Å². The molecule has 10 heteroatoms. The van der Waals surface area contributed by atoms with Gasteiger partial charge in [-0.25, -0.2) is 15.0 Å². The van der Waals surface area contributed by atoms with Crippen molar-refractivity contribution in [2.45, 2.75) is 78.0 Å². The van der Waals surface area contributed by atoms with E-state index in [1.165, 1.54) is 12.8 Å². The molecule has 1 aliphatic heterocycles. The zero-order valence-corrected chi connectivity index (χ0v) is 18.8. The summed E-state index contributed by atoms with van der Waals surface area (Å²) in [5.74, 6) is 4.54. The molecule has 1 atom stereocenters. The van der Waals surface area contributed by atoms with Gasteiger partial charge in [-0.05, 0) is 40.0 Å². The summed E-state index contributed by atoms with van der Waals surface area (Å²) in [6.07, 6.45) is 7.92. The molecule has 2 aliphatic rings. The first-order valence-corrected chi connectivity index (χ1v) is 11.6. The second kappa shape index (κ2) is 7.39. The Hall–Kier alpha value is -3.30. The Morgan fingerprint density at radius 1 is 1.09 bits per heavy atom. The van der Waals surface area contributed by atoms with Crippen molar-refractivity contribution < 1.29 is 0 Å². The molecule has 10 nitrogen and oxygen atoms in total. The summed E-state index contributed by atoms with van der Waals surface area (Å²) in [7, 11) is 0. The number of anilines is 1. The fraction of sp³-hybridized carbons (Fsp3) is 0.545. The second-order valence-corrected chi connectivity index (χ2v) is 8.77. The number of aryl methyl sites for hydroxylation is 3. The number of rotatable bonds is 6. The van der Waals surface area contributed by atoms with Crippen LogP contribution in [0.15, 0.2) is 12.5 Å². The molecule has 166 valence electrons. The Kier molecular flexibility index (Phi) is 4.48. The van der Waals surface area contributed by atoms with Crippen molar-refractivity contribution in [2.24, 2.45) is 0 Å². The quantitative estimate of drug-likeness (QED) is 0.499. The monoisotopic (exact) mass is 432 g/mol. The van der Waals surface area contributed by atoms with Crippen LogP contribution in [0.1, 0.15) is 56.4 Å². The third kappa shape index (κ3) is 3.00. The summed E-state index contributed by atoms with van der Waals surface area (Å²) in [5, 5.41) is 17.1. The van der Waals surface area contributed by atoms with Gasteiger partial charge in [-0.2, -0.15) is 5.10 Å². The van der Waals surface area contributed by atoms with Gasteiger partial charge in [-0.3, -0.25) is 4.68 Å². The molecule has 0 unspecified atom stereocenters. The van der Waals surface area contributed by atoms with E-state index >= 15 is 0 Å². The highest BCUT2D eigenvalue weighted by Crippen LogP contribution is 2.40. The Bertz CT molecular complexity index is 1290. The summed E-state index contributed by atoms with van der Waals surface area (Å²) in [4.78, 5) is 14.2. The normalized spacial score (nSPS) is 18.3. The lowest BCUT2D eigenvalue weighted by molar-refractivity contribution is 0.465. The molecule has 1 fully saturated rings. The zero-order chi connectivity index (χ0) is 21.8. The summed E-state index contributed by atoms with van der Waals surface area (Å²) < 4.78 is 6.46. The highest BCUT2D eigenvalue weighted by Gasteiger charge is 2.33. The van der Waals surface area contributed by atoms with Gasteiger partial charge in [0.2, 0.25) is 0 Å². The van der Waals surface area contributed by atoms with E-state index in [0.717, 1.165) is 78.2 Å². The van der Waals surface area contributed by atoms with Crippen molar-refractivity contribution in [3.63, 3.8) is 0 Å². The summed E-state index contributed by atoms with van der Waals surface area (Å²) in [6.45, 7) is 8.78. The van der Waals surface area contributed by atoms with Crippen LogP contribution >= 0.6 is 0 Å². The topological polar surface area (TPSA) is 104 Å². The minimum Gasteiger partial charge on any atom is -0.364 e. The van der Waals surface area contributed by atoms with Crippen LogP contribution in [0.2, 0.25) is 0 Å². The largest absolute Gasteiger partial charge is 0.364 e. The summed E-state index contributed by atoms with van der Waals surface area (Å²) >= 11 is 0. The molecular formula is C22H28N10. The fourth-order valence-electron chi connectivity index (χ4n) is 4.83. The molecule has 0 aromatic carbocycles. The number of imidazole rings is 1. The van der Waals surface area contributed by atoms with Crippen LogP contribution in [0.5, 0.6) is 0 Å². The molecule has 4 aromatic rings. The Balaban J connectivity index is 1.35. The van der Waals surface area contributed by atoms with E-state index < -0.39 is 0 Å². The number of aromatic nitrogens is 9. The van der Waals surface area contributed by atoms with E-state index in [1.807, 2.05) is 10.9 Å². The molecule has 1 saturated carbocycles. The van der Waals surface area contributed by atoms with Crippen LogP contribution in [0.3, 0.4) is 0 Å². The summed E-state index contributed by atoms with van der Waals surface area (Å²) in [5.41, 5.74) is 3.81. The van der Waals surface area contributed by atoms with Gasteiger partial charge in [0, 0.05) is 43.7 Å². The maximum Gasteiger partial charge on any atom is 0.165 e.